The van der Waals surface area contributed by atoms with Crippen molar-refractivity contribution >= 4 is 87.5 Å². The summed E-state index contributed by atoms with van der Waals surface area (Å²) < 4.78 is 17.3. The largest absolute Gasteiger partial charge is 0.456 e. The first-order valence-corrected chi connectivity index (χ1v) is 18.5. The zero-order valence-corrected chi connectivity index (χ0v) is 29.6. The van der Waals surface area contributed by atoms with Crippen molar-refractivity contribution in [2.75, 3.05) is 0 Å². The highest BCUT2D eigenvalue weighted by molar-refractivity contribution is 6.26. The van der Waals surface area contributed by atoms with Gasteiger partial charge in [-0.15, -0.1) is 0 Å². The average molecular weight is 715 g/mol. The van der Waals surface area contributed by atoms with Crippen LogP contribution in [0.5, 0.6) is 0 Å². The van der Waals surface area contributed by atoms with Crippen LogP contribution in [0.25, 0.3) is 110 Å². The summed E-state index contributed by atoms with van der Waals surface area (Å²) in [5, 5.41) is 29.7. The van der Waals surface area contributed by atoms with E-state index in [1.807, 2.05) is 78.9 Å². The Labute approximate surface area is 318 Å². The Kier molecular flexibility index (Phi) is 6.10. The average Bonchev–Trinajstić information content (AvgIpc) is 4.00. The summed E-state index contributed by atoms with van der Waals surface area (Å²) in [5.74, 6) is 0. The number of nitriles is 2. The maximum Gasteiger partial charge on any atom is 0.137 e. The molecule has 0 aliphatic carbocycles. The van der Waals surface area contributed by atoms with Gasteiger partial charge in [0.15, 0.2) is 0 Å². The predicted octanol–water partition coefficient (Wildman–Crippen LogP) is 13.1. The Bertz CT molecular complexity index is 3750. The number of hydrogen-bond acceptors (Lipinski definition) is 4. The van der Waals surface area contributed by atoms with Crippen molar-refractivity contribution in [1.82, 2.24) is 9.13 Å². The molecule has 6 nitrogen and oxygen atoms in total. The number of benzene rings is 8. The van der Waals surface area contributed by atoms with Crippen LogP contribution in [0, 0.1) is 22.7 Å². The Morgan fingerprint density at radius 1 is 0.411 bits per heavy atom. The maximum absolute atomic E-state index is 11.0. The van der Waals surface area contributed by atoms with Crippen molar-refractivity contribution < 1.29 is 8.83 Å². The lowest BCUT2D eigenvalue weighted by Gasteiger charge is -2.17. The quantitative estimate of drug-likeness (QED) is 0.182. The summed E-state index contributed by atoms with van der Waals surface area (Å²) in [5.41, 5.74) is 11.6. The normalized spacial score (nSPS) is 11.9. The molecule has 0 aliphatic heterocycles. The molecule has 0 unspecified atom stereocenters. The van der Waals surface area contributed by atoms with Crippen molar-refractivity contribution in [3.05, 3.63) is 169 Å². The number of rotatable bonds is 3. The molecule has 0 N–H and O–H groups in total. The molecule has 4 aromatic heterocycles. The highest BCUT2D eigenvalue weighted by Crippen LogP contribution is 2.45. The van der Waals surface area contributed by atoms with E-state index in [2.05, 4.69) is 100 Å². The van der Waals surface area contributed by atoms with Gasteiger partial charge >= 0.3 is 0 Å². The fourth-order valence-electron chi connectivity index (χ4n) is 9.06. The van der Waals surface area contributed by atoms with Crippen LogP contribution in [0.2, 0.25) is 0 Å². The van der Waals surface area contributed by atoms with E-state index < -0.39 is 0 Å². The van der Waals surface area contributed by atoms with Crippen LogP contribution >= 0.6 is 0 Å². The van der Waals surface area contributed by atoms with Crippen LogP contribution in [-0.2, 0) is 0 Å². The maximum atomic E-state index is 11.0. The van der Waals surface area contributed by atoms with Crippen molar-refractivity contribution in [2.24, 2.45) is 0 Å². The smallest absolute Gasteiger partial charge is 0.137 e. The van der Waals surface area contributed by atoms with Crippen molar-refractivity contribution in [3.8, 4) is 34.6 Å². The zero-order chi connectivity index (χ0) is 37.1. The lowest BCUT2D eigenvalue weighted by atomic mass is 9.96. The number of para-hydroxylation sites is 4. The van der Waals surface area contributed by atoms with Gasteiger partial charge in [0.2, 0.25) is 0 Å². The van der Waals surface area contributed by atoms with Gasteiger partial charge in [0.1, 0.15) is 22.3 Å². The van der Waals surface area contributed by atoms with Crippen LogP contribution in [0.3, 0.4) is 0 Å². The number of nitrogens with zero attached hydrogens (tertiary/aromatic N) is 4. The van der Waals surface area contributed by atoms with E-state index in [1.54, 1.807) is 0 Å². The third kappa shape index (κ3) is 4.02. The molecule has 0 fully saturated rings. The van der Waals surface area contributed by atoms with Gasteiger partial charge in [-0.25, -0.2) is 0 Å². The minimum Gasteiger partial charge on any atom is -0.456 e. The molecule has 0 saturated heterocycles. The third-order valence-corrected chi connectivity index (χ3v) is 11.4. The summed E-state index contributed by atoms with van der Waals surface area (Å²) >= 11 is 0. The summed E-state index contributed by atoms with van der Waals surface area (Å²) in [4.78, 5) is 0. The number of hydrogen-bond donors (Lipinski definition) is 0. The van der Waals surface area contributed by atoms with Crippen LogP contribution in [0.4, 0.5) is 0 Å². The van der Waals surface area contributed by atoms with Gasteiger partial charge in [-0.2, -0.15) is 10.5 Å². The van der Waals surface area contributed by atoms with E-state index in [4.69, 9.17) is 8.83 Å². The van der Waals surface area contributed by atoms with E-state index in [-0.39, 0.29) is 0 Å². The first kappa shape index (κ1) is 30.4. The number of furan rings is 2. The summed E-state index contributed by atoms with van der Waals surface area (Å²) in [6, 6.07) is 58.1. The molecule has 0 spiro atoms. The standard InChI is InChI=1S/C50H26N4O2/c51-27-29-17-22-42(54-41-14-6-2-10-34(41)36-21-24-46-48(50(36)54)38-12-4-8-16-44(38)56-46)39(25-29)32-19-18-31(26-30(32)28-52)53-40-13-5-1-9-33(40)35-20-23-45-47(49(35)53)37-11-3-7-15-43(37)55-45/h1-26H. The monoisotopic (exact) mass is 714 g/mol. The molecule has 6 heteroatoms. The fraction of sp³-hybridized carbons (Fsp3) is 0. The summed E-state index contributed by atoms with van der Waals surface area (Å²) in [6.45, 7) is 0. The second kappa shape index (κ2) is 11.2. The molecule has 8 aromatic carbocycles. The minimum absolute atomic E-state index is 0.494. The van der Waals surface area contributed by atoms with Gasteiger partial charge in [-0.1, -0.05) is 78.9 Å². The van der Waals surface area contributed by atoms with Gasteiger partial charge in [-0.3, -0.25) is 0 Å². The van der Waals surface area contributed by atoms with Crippen molar-refractivity contribution in [1.29, 1.82) is 10.5 Å². The Hall–Kier alpha value is -8.06. The highest BCUT2D eigenvalue weighted by atomic mass is 16.3. The second-order valence-corrected chi connectivity index (χ2v) is 14.3. The minimum atomic E-state index is 0.494. The fourth-order valence-corrected chi connectivity index (χ4v) is 9.06. The topological polar surface area (TPSA) is 83.7 Å². The van der Waals surface area contributed by atoms with Gasteiger partial charge < -0.3 is 18.0 Å². The van der Waals surface area contributed by atoms with E-state index in [9.17, 15) is 10.5 Å². The van der Waals surface area contributed by atoms with E-state index in [0.29, 0.717) is 11.1 Å². The van der Waals surface area contributed by atoms with Crippen LogP contribution in [0.1, 0.15) is 11.1 Å². The Balaban J connectivity index is 1.16. The molecule has 12 aromatic rings. The van der Waals surface area contributed by atoms with Crippen LogP contribution in [-0.4, -0.2) is 9.13 Å². The lowest BCUT2D eigenvalue weighted by molar-refractivity contribution is 0.669. The van der Waals surface area contributed by atoms with Gasteiger partial charge in [0, 0.05) is 49.1 Å². The van der Waals surface area contributed by atoms with Gasteiger partial charge in [-0.05, 0) is 78.9 Å². The van der Waals surface area contributed by atoms with Crippen molar-refractivity contribution in [3.63, 3.8) is 0 Å². The number of fused-ring (bicyclic) bond motifs is 14. The van der Waals surface area contributed by atoms with Crippen molar-refractivity contribution in [2.45, 2.75) is 0 Å². The zero-order valence-electron chi connectivity index (χ0n) is 29.6. The molecular formula is C50H26N4O2. The second-order valence-electron chi connectivity index (χ2n) is 14.3. The Morgan fingerprint density at radius 3 is 1.57 bits per heavy atom. The van der Waals surface area contributed by atoms with E-state index in [1.165, 1.54) is 0 Å². The van der Waals surface area contributed by atoms with E-state index >= 15 is 0 Å². The first-order valence-electron chi connectivity index (χ1n) is 18.5. The molecule has 0 amide bonds. The first-order chi connectivity index (χ1) is 27.7. The molecular weight excluding hydrogens is 689 g/mol. The predicted molar refractivity (Wildman–Crippen MR) is 225 cm³/mol. The molecule has 56 heavy (non-hydrogen) atoms. The molecule has 258 valence electrons. The van der Waals surface area contributed by atoms with Crippen LogP contribution < -0.4 is 0 Å². The molecule has 0 atom stereocenters. The molecule has 0 aliphatic rings. The molecule has 0 radical (unpaired) electrons. The third-order valence-electron chi connectivity index (χ3n) is 11.4. The Morgan fingerprint density at radius 2 is 0.964 bits per heavy atom. The SMILES string of the molecule is N#Cc1ccc(-n2c3ccccc3c3ccc4oc5ccccc5c4c32)c(-c2ccc(-n3c4ccccc4c4ccc5oc6ccccc6c5c43)cc2C#N)c1. The van der Waals surface area contributed by atoms with E-state index in [0.717, 1.165) is 110 Å². The van der Waals surface area contributed by atoms with Gasteiger partial charge in [0.05, 0.1) is 61.8 Å². The lowest BCUT2D eigenvalue weighted by Crippen LogP contribution is -2.01. The molecule has 4 heterocycles. The molecule has 0 saturated carbocycles. The molecule has 0 bridgehead atoms. The van der Waals surface area contributed by atoms with Crippen LogP contribution in [0.15, 0.2) is 167 Å². The molecule has 12 rings (SSSR count). The van der Waals surface area contributed by atoms with Gasteiger partial charge in [0.25, 0.3) is 0 Å². The highest BCUT2D eigenvalue weighted by Gasteiger charge is 2.23. The number of aromatic nitrogens is 2. The summed E-state index contributed by atoms with van der Waals surface area (Å²) in [7, 11) is 0. The summed E-state index contributed by atoms with van der Waals surface area (Å²) in [6.07, 6.45) is 0.